The molecular weight excluding hydrogens is 426 g/mol. The molecule has 10 heteroatoms. The van der Waals surface area contributed by atoms with Gasteiger partial charge in [-0.05, 0) is 42.5 Å². The van der Waals surface area contributed by atoms with Gasteiger partial charge in [0.25, 0.3) is 11.6 Å². The highest BCUT2D eigenvalue weighted by Gasteiger charge is 2.25. The van der Waals surface area contributed by atoms with Gasteiger partial charge in [0.15, 0.2) is 0 Å². The molecule has 1 heterocycles. The fourth-order valence-corrected chi connectivity index (χ4v) is 3.32. The third kappa shape index (κ3) is 4.17. The van der Waals surface area contributed by atoms with Crippen molar-refractivity contribution in [3.8, 4) is 34.2 Å². The average molecular weight is 445 g/mol. The summed E-state index contributed by atoms with van der Waals surface area (Å²) in [5, 5.41) is 15.7. The summed E-state index contributed by atoms with van der Waals surface area (Å²) < 4.78 is 12.3. The number of primary amides is 1. The molecule has 0 saturated carbocycles. The van der Waals surface area contributed by atoms with Crippen molar-refractivity contribution in [1.82, 2.24) is 9.78 Å². The summed E-state index contributed by atoms with van der Waals surface area (Å²) in [6.07, 6.45) is 0. The number of nitro groups is 1. The highest BCUT2D eigenvalue weighted by molar-refractivity contribution is 6.03. The minimum atomic E-state index is -0.789. The van der Waals surface area contributed by atoms with Crippen molar-refractivity contribution >= 4 is 17.4 Å². The SMILES string of the molecule is COc1ccc([N+](=O)[O-])cc1-n1nc(-c2ccc(Oc3ccccc3)cc2)c(C(N)=O)c1N. The number of hydrogen-bond acceptors (Lipinski definition) is 7. The third-order valence-corrected chi connectivity index (χ3v) is 4.88. The number of carbonyl (C=O) groups is 1. The molecule has 3 aromatic carbocycles. The van der Waals surface area contributed by atoms with E-state index in [1.807, 2.05) is 30.3 Å². The van der Waals surface area contributed by atoms with Gasteiger partial charge < -0.3 is 20.9 Å². The maximum atomic E-state index is 12.2. The number of nitrogen functional groups attached to an aromatic ring is 1. The summed E-state index contributed by atoms with van der Waals surface area (Å²) in [4.78, 5) is 22.9. The number of anilines is 1. The van der Waals surface area contributed by atoms with Gasteiger partial charge in [0, 0.05) is 17.7 Å². The van der Waals surface area contributed by atoms with E-state index in [0.29, 0.717) is 17.1 Å². The van der Waals surface area contributed by atoms with Gasteiger partial charge >= 0.3 is 0 Å². The van der Waals surface area contributed by atoms with E-state index in [-0.39, 0.29) is 34.2 Å². The van der Waals surface area contributed by atoms with Crippen LogP contribution in [0.25, 0.3) is 16.9 Å². The van der Waals surface area contributed by atoms with Crippen LogP contribution in [0.2, 0.25) is 0 Å². The summed E-state index contributed by atoms with van der Waals surface area (Å²) in [6.45, 7) is 0. The standard InChI is InChI=1S/C23H19N5O5/c1-32-19-12-9-15(28(30)31)13-18(19)27-22(24)20(23(25)29)21(26-27)14-7-10-17(11-8-14)33-16-5-3-2-4-6-16/h2-13H,24H2,1H3,(H2,25,29). The topological polar surface area (TPSA) is 149 Å². The second-order valence-electron chi connectivity index (χ2n) is 6.94. The van der Waals surface area contributed by atoms with Gasteiger partial charge in [-0.15, -0.1) is 0 Å². The van der Waals surface area contributed by atoms with Crippen LogP contribution in [0.15, 0.2) is 72.8 Å². The lowest BCUT2D eigenvalue weighted by Crippen LogP contribution is -2.14. The van der Waals surface area contributed by atoms with Crippen LogP contribution in [0.4, 0.5) is 11.5 Å². The first-order valence-corrected chi connectivity index (χ1v) is 9.73. The van der Waals surface area contributed by atoms with Crippen molar-refractivity contribution in [1.29, 1.82) is 0 Å². The second kappa shape index (κ2) is 8.71. The van der Waals surface area contributed by atoms with Crippen molar-refractivity contribution in [2.24, 2.45) is 5.73 Å². The molecule has 0 aliphatic heterocycles. The van der Waals surface area contributed by atoms with Crippen LogP contribution >= 0.6 is 0 Å². The Kier molecular flexibility index (Phi) is 5.64. The number of nitrogens with zero attached hydrogens (tertiary/aromatic N) is 3. The lowest BCUT2D eigenvalue weighted by molar-refractivity contribution is -0.384. The van der Waals surface area contributed by atoms with Crippen LogP contribution in [-0.4, -0.2) is 27.7 Å². The van der Waals surface area contributed by atoms with E-state index >= 15 is 0 Å². The summed E-state index contributed by atoms with van der Waals surface area (Å²) in [5.41, 5.74) is 12.6. The van der Waals surface area contributed by atoms with Crippen molar-refractivity contribution in [2.45, 2.75) is 0 Å². The molecule has 4 aromatic rings. The molecular formula is C23H19N5O5. The molecule has 0 fully saturated rings. The number of para-hydroxylation sites is 1. The van der Waals surface area contributed by atoms with Gasteiger partial charge in [-0.3, -0.25) is 14.9 Å². The maximum Gasteiger partial charge on any atom is 0.271 e. The maximum absolute atomic E-state index is 12.2. The molecule has 4 N–H and O–H groups in total. The number of amides is 1. The molecule has 4 rings (SSSR count). The zero-order valence-electron chi connectivity index (χ0n) is 17.5. The number of aromatic nitrogens is 2. The van der Waals surface area contributed by atoms with E-state index < -0.39 is 10.8 Å². The van der Waals surface area contributed by atoms with Crippen LogP contribution in [0.1, 0.15) is 10.4 Å². The molecule has 10 nitrogen and oxygen atoms in total. The zero-order chi connectivity index (χ0) is 23.5. The Balaban J connectivity index is 1.78. The number of methoxy groups -OCH3 is 1. The van der Waals surface area contributed by atoms with Gasteiger partial charge in [0.05, 0.1) is 12.0 Å². The van der Waals surface area contributed by atoms with Crippen molar-refractivity contribution in [3.63, 3.8) is 0 Å². The molecule has 0 spiro atoms. The molecule has 0 saturated heterocycles. The highest BCUT2D eigenvalue weighted by atomic mass is 16.6. The van der Waals surface area contributed by atoms with Crippen LogP contribution in [0, 0.1) is 10.1 Å². The minimum absolute atomic E-state index is 0.0136. The Morgan fingerprint density at radius 3 is 2.30 bits per heavy atom. The Morgan fingerprint density at radius 1 is 1.03 bits per heavy atom. The zero-order valence-corrected chi connectivity index (χ0v) is 17.5. The van der Waals surface area contributed by atoms with E-state index in [1.165, 1.54) is 30.0 Å². The van der Waals surface area contributed by atoms with Gasteiger partial charge in [-0.2, -0.15) is 5.10 Å². The summed E-state index contributed by atoms with van der Waals surface area (Å²) in [5.74, 6) is 0.681. The third-order valence-electron chi connectivity index (χ3n) is 4.88. The van der Waals surface area contributed by atoms with Crippen LogP contribution in [-0.2, 0) is 0 Å². The number of nitrogens with two attached hydrogens (primary N) is 2. The predicted molar refractivity (Wildman–Crippen MR) is 122 cm³/mol. The number of nitro benzene ring substituents is 1. The molecule has 1 amide bonds. The summed E-state index contributed by atoms with van der Waals surface area (Å²) >= 11 is 0. The summed E-state index contributed by atoms with van der Waals surface area (Å²) in [7, 11) is 1.41. The van der Waals surface area contributed by atoms with E-state index in [2.05, 4.69) is 5.10 Å². The van der Waals surface area contributed by atoms with E-state index in [0.717, 1.165) is 0 Å². The van der Waals surface area contributed by atoms with Gasteiger partial charge in [-0.1, -0.05) is 18.2 Å². The molecule has 0 radical (unpaired) electrons. The lowest BCUT2D eigenvalue weighted by atomic mass is 10.1. The van der Waals surface area contributed by atoms with Crippen LogP contribution in [0.3, 0.4) is 0 Å². The molecule has 0 atom stereocenters. The number of ether oxygens (including phenoxy) is 2. The normalized spacial score (nSPS) is 10.6. The highest BCUT2D eigenvalue weighted by Crippen LogP contribution is 2.35. The first-order chi connectivity index (χ1) is 15.9. The number of carbonyl (C=O) groups excluding carboxylic acids is 1. The lowest BCUT2D eigenvalue weighted by Gasteiger charge is -2.09. The van der Waals surface area contributed by atoms with Gasteiger partial charge in [0.1, 0.15) is 40.0 Å². The predicted octanol–water partition coefficient (Wildman–Crippen LogP) is 3.93. The molecule has 166 valence electrons. The first kappa shape index (κ1) is 21.4. The molecule has 0 bridgehead atoms. The quantitative estimate of drug-likeness (QED) is 0.323. The van der Waals surface area contributed by atoms with Crippen molar-refractivity contribution in [3.05, 3.63) is 88.5 Å². The molecule has 1 aromatic heterocycles. The molecule has 0 unspecified atom stereocenters. The monoisotopic (exact) mass is 445 g/mol. The number of non-ortho nitro benzene ring substituents is 1. The molecule has 0 aliphatic carbocycles. The van der Waals surface area contributed by atoms with Gasteiger partial charge in [-0.25, -0.2) is 4.68 Å². The summed E-state index contributed by atoms with van der Waals surface area (Å²) in [6, 6.07) is 20.1. The van der Waals surface area contributed by atoms with E-state index in [1.54, 1.807) is 24.3 Å². The minimum Gasteiger partial charge on any atom is -0.494 e. The van der Waals surface area contributed by atoms with Gasteiger partial charge in [0.2, 0.25) is 0 Å². The second-order valence-corrected chi connectivity index (χ2v) is 6.94. The Morgan fingerprint density at radius 2 is 1.70 bits per heavy atom. The fraction of sp³-hybridized carbons (Fsp3) is 0.0435. The first-order valence-electron chi connectivity index (χ1n) is 9.73. The fourth-order valence-electron chi connectivity index (χ4n) is 3.32. The Hall–Kier alpha value is -4.86. The number of rotatable bonds is 7. The Bertz CT molecular complexity index is 1330. The number of hydrogen-bond donors (Lipinski definition) is 2. The molecule has 33 heavy (non-hydrogen) atoms. The van der Waals surface area contributed by atoms with E-state index in [4.69, 9.17) is 20.9 Å². The van der Waals surface area contributed by atoms with Crippen molar-refractivity contribution in [2.75, 3.05) is 12.8 Å². The molecule has 0 aliphatic rings. The largest absolute Gasteiger partial charge is 0.494 e. The van der Waals surface area contributed by atoms with Crippen LogP contribution in [0.5, 0.6) is 17.2 Å². The number of benzene rings is 3. The van der Waals surface area contributed by atoms with Crippen molar-refractivity contribution < 1.29 is 19.2 Å². The van der Waals surface area contributed by atoms with E-state index in [9.17, 15) is 14.9 Å². The smallest absolute Gasteiger partial charge is 0.271 e. The average Bonchev–Trinajstić information content (AvgIpc) is 3.17. The van der Waals surface area contributed by atoms with Crippen LogP contribution < -0.4 is 20.9 Å². The Labute approximate surface area is 188 Å².